The van der Waals surface area contributed by atoms with Gasteiger partial charge in [0.2, 0.25) is 5.82 Å². The molecule has 2 aromatic rings. The van der Waals surface area contributed by atoms with Crippen LogP contribution in [0.3, 0.4) is 0 Å². The van der Waals surface area contributed by atoms with Crippen LogP contribution in [0.25, 0.3) is 0 Å². The number of nitrogens with one attached hydrogen (secondary N) is 1. The zero-order valence-electron chi connectivity index (χ0n) is 12.6. The Bertz CT molecular complexity index is 785. The van der Waals surface area contributed by atoms with E-state index in [9.17, 15) is 19.3 Å². The van der Waals surface area contributed by atoms with Gasteiger partial charge in [-0.2, -0.15) is 0 Å². The van der Waals surface area contributed by atoms with E-state index in [4.69, 9.17) is 0 Å². The zero-order chi connectivity index (χ0) is 17.7. The summed E-state index contributed by atoms with van der Waals surface area (Å²) >= 11 is 3.26. The molecular weight excluding hydrogens is 385 g/mol. The molecule has 126 valence electrons. The van der Waals surface area contributed by atoms with Crippen LogP contribution in [0.2, 0.25) is 0 Å². The highest BCUT2D eigenvalue weighted by Crippen LogP contribution is 2.23. The predicted molar refractivity (Wildman–Crippen MR) is 88.5 cm³/mol. The standard InChI is InChI=1S/C15H13BrFN3O4/c1-24-15(21)10-7-13(20(22)23)14(19-8-10)18-5-4-9-6-11(16)2-3-12(9)17/h2-3,6-8H,4-5H2,1H3,(H,18,19). The Morgan fingerprint density at radius 1 is 1.46 bits per heavy atom. The van der Waals surface area contributed by atoms with Crippen LogP contribution in [-0.2, 0) is 11.2 Å². The molecule has 0 saturated carbocycles. The summed E-state index contributed by atoms with van der Waals surface area (Å²) < 4.78 is 18.9. The van der Waals surface area contributed by atoms with Gasteiger partial charge in [-0.05, 0) is 30.2 Å². The minimum Gasteiger partial charge on any atom is -0.465 e. The third-order valence-electron chi connectivity index (χ3n) is 3.18. The largest absolute Gasteiger partial charge is 0.465 e. The van der Waals surface area contributed by atoms with Gasteiger partial charge in [0.05, 0.1) is 17.6 Å². The summed E-state index contributed by atoms with van der Waals surface area (Å²) in [7, 11) is 1.17. The lowest BCUT2D eigenvalue weighted by atomic mass is 10.1. The fourth-order valence-electron chi connectivity index (χ4n) is 2.01. The van der Waals surface area contributed by atoms with Gasteiger partial charge in [-0.1, -0.05) is 15.9 Å². The first-order valence-corrected chi connectivity index (χ1v) is 7.62. The van der Waals surface area contributed by atoms with Crippen molar-refractivity contribution < 1.29 is 18.8 Å². The summed E-state index contributed by atoms with van der Waals surface area (Å²) in [5.74, 6) is -1.07. The van der Waals surface area contributed by atoms with Crippen molar-refractivity contribution in [3.05, 3.63) is 62.0 Å². The highest BCUT2D eigenvalue weighted by molar-refractivity contribution is 9.10. The maximum absolute atomic E-state index is 13.7. The van der Waals surface area contributed by atoms with Crippen LogP contribution < -0.4 is 5.32 Å². The number of nitrogens with zero attached hydrogens (tertiary/aromatic N) is 2. The summed E-state index contributed by atoms with van der Waals surface area (Å²) in [4.78, 5) is 25.8. The van der Waals surface area contributed by atoms with Crippen molar-refractivity contribution in [3.63, 3.8) is 0 Å². The van der Waals surface area contributed by atoms with Crippen LogP contribution in [0.5, 0.6) is 0 Å². The van der Waals surface area contributed by atoms with Crippen molar-refractivity contribution in [1.29, 1.82) is 0 Å². The second kappa shape index (κ2) is 7.82. The first kappa shape index (κ1) is 17.8. The molecule has 0 saturated heterocycles. The summed E-state index contributed by atoms with van der Waals surface area (Å²) in [5, 5.41) is 13.9. The Labute approximate surface area is 145 Å². The molecule has 1 N–H and O–H groups in total. The first-order chi connectivity index (χ1) is 11.4. The average Bonchev–Trinajstić information content (AvgIpc) is 2.57. The highest BCUT2D eigenvalue weighted by Gasteiger charge is 2.19. The van der Waals surface area contributed by atoms with Crippen molar-refractivity contribution in [3.8, 4) is 0 Å². The molecule has 1 heterocycles. The van der Waals surface area contributed by atoms with Gasteiger partial charge in [0.1, 0.15) is 5.82 Å². The normalized spacial score (nSPS) is 10.3. The fourth-order valence-corrected chi connectivity index (χ4v) is 2.42. The summed E-state index contributed by atoms with van der Waals surface area (Å²) in [6.45, 7) is 0.235. The Hall–Kier alpha value is -2.55. The smallest absolute Gasteiger partial charge is 0.339 e. The molecule has 0 unspecified atom stereocenters. The number of aromatic nitrogens is 1. The van der Waals surface area contributed by atoms with Crippen molar-refractivity contribution in [2.24, 2.45) is 0 Å². The van der Waals surface area contributed by atoms with Gasteiger partial charge in [0.25, 0.3) is 0 Å². The van der Waals surface area contributed by atoms with E-state index < -0.39 is 10.9 Å². The first-order valence-electron chi connectivity index (χ1n) is 6.83. The quantitative estimate of drug-likeness (QED) is 0.456. The number of hydrogen-bond acceptors (Lipinski definition) is 6. The number of rotatable bonds is 6. The SMILES string of the molecule is COC(=O)c1cnc(NCCc2cc(Br)ccc2F)c([N+](=O)[O-])c1. The van der Waals surface area contributed by atoms with Crippen LogP contribution in [0, 0.1) is 15.9 Å². The molecule has 9 heteroatoms. The molecule has 0 spiro atoms. The molecular formula is C15H13BrFN3O4. The van der Waals surface area contributed by atoms with E-state index in [0.717, 1.165) is 10.5 Å². The monoisotopic (exact) mass is 397 g/mol. The van der Waals surface area contributed by atoms with Gasteiger partial charge in [0, 0.05) is 23.3 Å². The molecule has 1 aromatic carbocycles. The topological polar surface area (TPSA) is 94.4 Å². The van der Waals surface area contributed by atoms with Gasteiger partial charge in [-0.3, -0.25) is 10.1 Å². The van der Waals surface area contributed by atoms with Gasteiger partial charge in [0.15, 0.2) is 0 Å². The third kappa shape index (κ3) is 4.25. The summed E-state index contributed by atoms with van der Waals surface area (Å²) in [5.41, 5.74) is 0.0890. The minimum atomic E-state index is -0.714. The number of anilines is 1. The summed E-state index contributed by atoms with van der Waals surface area (Å²) in [6, 6.07) is 5.65. The van der Waals surface area contributed by atoms with E-state index in [1.165, 1.54) is 19.4 Å². The number of methoxy groups -OCH3 is 1. The van der Waals surface area contributed by atoms with E-state index >= 15 is 0 Å². The van der Waals surface area contributed by atoms with E-state index in [1.807, 2.05) is 0 Å². The molecule has 1 aromatic heterocycles. The van der Waals surface area contributed by atoms with Crippen molar-refractivity contribution in [2.45, 2.75) is 6.42 Å². The Morgan fingerprint density at radius 2 is 2.21 bits per heavy atom. The number of esters is 1. The molecule has 0 amide bonds. The van der Waals surface area contributed by atoms with Crippen LogP contribution in [0.1, 0.15) is 15.9 Å². The molecule has 24 heavy (non-hydrogen) atoms. The Kier molecular flexibility index (Phi) is 5.80. The number of benzene rings is 1. The second-order valence-electron chi connectivity index (χ2n) is 4.75. The minimum absolute atomic E-state index is 0.00283. The van der Waals surface area contributed by atoms with E-state index in [1.54, 1.807) is 12.1 Å². The molecule has 0 fully saturated rings. The zero-order valence-corrected chi connectivity index (χ0v) is 14.2. The van der Waals surface area contributed by atoms with Gasteiger partial charge in [-0.15, -0.1) is 0 Å². The number of hydrogen-bond donors (Lipinski definition) is 1. The fraction of sp³-hybridized carbons (Fsp3) is 0.200. The van der Waals surface area contributed by atoms with Gasteiger partial charge < -0.3 is 10.1 Å². The lowest BCUT2D eigenvalue weighted by Crippen LogP contribution is -2.11. The van der Waals surface area contributed by atoms with Crippen LogP contribution in [-0.4, -0.2) is 29.5 Å². The number of pyridine rings is 1. The van der Waals surface area contributed by atoms with Crippen molar-refractivity contribution in [2.75, 3.05) is 19.0 Å². The summed E-state index contributed by atoms with van der Waals surface area (Å²) in [6.07, 6.45) is 1.49. The molecule has 0 atom stereocenters. The number of nitro groups is 1. The lowest BCUT2D eigenvalue weighted by molar-refractivity contribution is -0.384. The van der Waals surface area contributed by atoms with Gasteiger partial charge in [-0.25, -0.2) is 14.2 Å². The van der Waals surface area contributed by atoms with Crippen LogP contribution in [0.4, 0.5) is 15.9 Å². The predicted octanol–water partition coefficient (Wildman–Crippen LogP) is 3.33. The Balaban J connectivity index is 2.13. The number of halogens is 2. The van der Waals surface area contributed by atoms with Crippen molar-refractivity contribution in [1.82, 2.24) is 4.98 Å². The van der Waals surface area contributed by atoms with E-state index in [-0.39, 0.29) is 29.4 Å². The maximum atomic E-state index is 13.7. The number of carbonyl (C=O) groups excluding carboxylic acids is 1. The Morgan fingerprint density at radius 3 is 2.88 bits per heavy atom. The van der Waals surface area contributed by atoms with Crippen LogP contribution in [0.15, 0.2) is 34.9 Å². The molecule has 0 aliphatic rings. The molecule has 2 rings (SSSR count). The molecule has 0 aliphatic heterocycles. The second-order valence-corrected chi connectivity index (χ2v) is 5.67. The van der Waals surface area contributed by atoms with E-state index in [0.29, 0.717) is 12.0 Å². The van der Waals surface area contributed by atoms with Crippen molar-refractivity contribution >= 4 is 33.4 Å². The maximum Gasteiger partial charge on any atom is 0.339 e. The molecule has 7 nitrogen and oxygen atoms in total. The average molecular weight is 398 g/mol. The third-order valence-corrected chi connectivity index (χ3v) is 3.67. The van der Waals surface area contributed by atoms with Crippen LogP contribution >= 0.6 is 15.9 Å². The van der Waals surface area contributed by atoms with E-state index in [2.05, 4.69) is 31.0 Å². The number of carbonyl (C=O) groups is 1. The van der Waals surface area contributed by atoms with Gasteiger partial charge >= 0.3 is 11.7 Å². The molecule has 0 radical (unpaired) electrons. The molecule has 0 bridgehead atoms. The molecule has 0 aliphatic carbocycles. The number of ether oxygens (including phenoxy) is 1. The lowest BCUT2D eigenvalue weighted by Gasteiger charge is -2.08. The highest BCUT2D eigenvalue weighted by atomic mass is 79.9.